The summed E-state index contributed by atoms with van der Waals surface area (Å²) in [6.45, 7) is 4.24. The Labute approximate surface area is 116 Å². The number of hydrogen-bond donors (Lipinski definition) is 0. The van der Waals surface area contributed by atoms with E-state index in [2.05, 4.69) is 46.8 Å². The van der Waals surface area contributed by atoms with Crippen LogP contribution in [-0.4, -0.2) is 9.70 Å². The normalized spacial score (nSPS) is 38.8. The molecule has 0 aromatic heterocycles. The predicted octanol–water partition coefficient (Wildman–Crippen LogP) is 5.01. The summed E-state index contributed by atoms with van der Waals surface area (Å²) in [5, 5.41) is 0.308. The van der Waals surface area contributed by atoms with Gasteiger partial charge in [0.15, 0.2) is 0 Å². The van der Waals surface area contributed by atoms with Crippen molar-refractivity contribution in [3.63, 3.8) is 0 Å². The van der Waals surface area contributed by atoms with Gasteiger partial charge < -0.3 is 0 Å². The first-order valence-electron chi connectivity index (χ1n) is 6.09. The minimum absolute atomic E-state index is 0.304. The van der Waals surface area contributed by atoms with Crippen LogP contribution in [0.3, 0.4) is 0 Å². The van der Waals surface area contributed by atoms with Gasteiger partial charge in [0.2, 0.25) is 0 Å². The van der Waals surface area contributed by atoms with Crippen molar-refractivity contribution in [1.29, 1.82) is 0 Å². The van der Waals surface area contributed by atoms with Gasteiger partial charge in [-0.25, -0.2) is 0 Å². The van der Waals surface area contributed by atoms with Crippen LogP contribution in [0.5, 0.6) is 0 Å². The first-order valence-corrected chi connectivity index (χ1v) is 7.32. The van der Waals surface area contributed by atoms with E-state index < -0.39 is 0 Å². The summed E-state index contributed by atoms with van der Waals surface area (Å²) >= 11 is 10.3. The smallest absolute Gasteiger partial charge is 0.0409 e. The van der Waals surface area contributed by atoms with Gasteiger partial charge in [0.1, 0.15) is 0 Å². The Hall–Kier alpha value is -0.270. The van der Waals surface area contributed by atoms with E-state index in [0.29, 0.717) is 15.1 Å². The summed E-state index contributed by atoms with van der Waals surface area (Å²) in [5.41, 5.74) is 2.79. The predicted molar refractivity (Wildman–Crippen MR) is 77.7 cm³/mol. The average molecular weight is 312 g/mol. The summed E-state index contributed by atoms with van der Waals surface area (Å²) in [4.78, 5) is 0. The largest absolute Gasteiger partial charge is 0.122 e. The van der Waals surface area contributed by atoms with Crippen molar-refractivity contribution in [2.24, 2.45) is 5.41 Å². The Morgan fingerprint density at radius 2 is 2.00 bits per heavy atom. The van der Waals surface area contributed by atoms with Gasteiger partial charge in [-0.3, -0.25) is 0 Å². The molecule has 0 N–H and O–H groups in total. The minimum atomic E-state index is 0.304. The highest BCUT2D eigenvalue weighted by Crippen LogP contribution is 2.69. The molecule has 0 spiro atoms. The molecule has 0 radical (unpaired) electrons. The van der Waals surface area contributed by atoms with E-state index in [1.54, 1.807) is 0 Å². The van der Waals surface area contributed by atoms with Gasteiger partial charge in [-0.1, -0.05) is 52.8 Å². The zero-order chi connectivity index (χ0) is 12.1. The van der Waals surface area contributed by atoms with Gasteiger partial charge in [-0.15, -0.1) is 11.6 Å². The quantitative estimate of drug-likeness (QED) is 0.688. The number of allylic oxidation sites excluding steroid dienone is 1. The van der Waals surface area contributed by atoms with E-state index in [1.165, 1.54) is 24.0 Å². The third-order valence-electron chi connectivity index (χ3n) is 4.29. The molecule has 1 aromatic carbocycles. The summed E-state index contributed by atoms with van der Waals surface area (Å²) in [6.07, 6.45) is 4.56. The number of alkyl halides is 2. The summed E-state index contributed by atoms with van der Waals surface area (Å²) in [7, 11) is 0. The molecule has 3 fully saturated rings. The lowest BCUT2D eigenvalue weighted by atomic mass is 9.65. The lowest BCUT2D eigenvalue weighted by Gasteiger charge is -2.45. The highest BCUT2D eigenvalue weighted by molar-refractivity contribution is 9.10. The molecule has 1 aromatic rings. The van der Waals surface area contributed by atoms with Gasteiger partial charge in [-0.05, 0) is 42.2 Å². The van der Waals surface area contributed by atoms with E-state index in [4.69, 9.17) is 11.6 Å². The fraction of sp³-hybridized carbons (Fsp3) is 0.467. The summed E-state index contributed by atoms with van der Waals surface area (Å²) in [5.74, 6) is 0. The van der Waals surface area contributed by atoms with Gasteiger partial charge in [0.25, 0.3) is 0 Å². The number of rotatable bonds is 3. The highest BCUT2D eigenvalue weighted by Gasteiger charge is 2.64. The molecule has 0 nitrogen and oxygen atoms in total. The molecule has 0 saturated heterocycles. The fourth-order valence-electron chi connectivity index (χ4n) is 3.55. The summed E-state index contributed by atoms with van der Waals surface area (Å²) < 4.78 is 0.344. The van der Waals surface area contributed by atoms with E-state index in [9.17, 15) is 0 Å². The van der Waals surface area contributed by atoms with Crippen LogP contribution in [0.1, 0.15) is 31.2 Å². The maximum absolute atomic E-state index is 6.51. The molecule has 1 atom stereocenters. The third-order valence-corrected chi connectivity index (χ3v) is 5.80. The molecule has 0 amide bonds. The van der Waals surface area contributed by atoms with Crippen molar-refractivity contribution in [1.82, 2.24) is 0 Å². The molecule has 0 aliphatic heterocycles. The van der Waals surface area contributed by atoms with Crippen LogP contribution in [0.15, 0.2) is 36.9 Å². The first-order chi connectivity index (χ1) is 8.03. The van der Waals surface area contributed by atoms with Crippen molar-refractivity contribution in [3.8, 4) is 0 Å². The Bertz CT molecular complexity index is 445. The van der Waals surface area contributed by atoms with E-state index >= 15 is 0 Å². The second-order valence-corrected chi connectivity index (χ2v) is 7.89. The topological polar surface area (TPSA) is 0 Å². The van der Waals surface area contributed by atoms with Crippen LogP contribution in [0.4, 0.5) is 0 Å². The second kappa shape index (κ2) is 3.86. The maximum atomic E-state index is 6.51. The average Bonchev–Trinajstić information content (AvgIpc) is 2.64. The van der Waals surface area contributed by atoms with Gasteiger partial charge in [0, 0.05) is 9.70 Å². The van der Waals surface area contributed by atoms with Crippen LogP contribution in [0.25, 0.3) is 5.57 Å². The molecular weight excluding hydrogens is 296 g/mol. The van der Waals surface area contributed by atoms with Gasteiger partial charge in [-0.2, -0.15) is 0 Å². The molecule has 3 aliphatic rings. The van der Waals surface area contributed by atoms with Gasteiger partial charge >= 0.3 is 0 Å². The van der Waals surface area contributed by atoms with E-state index in [-0.39, 0.29) is 0 Å². The minimum Gasteiger partial charge on any atom is -0.122 e. The van der Waals surface area contributed by atoms with Crippen molar-refractivity contribution < 1.29 is 0 Å². The lowest BCUT2D eigenvalue weighted by molar-refractivity contribution is 0.181. The van der Waals surface area contributed by atoms with E-state index in [0.717, 1.165) is 12.8 Å². The molecule has 3 saturated carbocycles. The van der Waals surface area contributed by atoms with Crippen molar-refractivity contribution in [3.05, 3.63) is 42.5 Å². The lowest BCUT2D eigenvalue weighted by Crippen LogP contribution is -2.40. The van der Waals surface area contributed by atoms with Crippen molar-refractivity contribution >= 4 is 33.1 Å². The highest BCUT2D eigenvalue weighted by atomic mass is 79.9. The third kappa shape index (κ3) is 1.88. The standard InChI is InChI=1S/C15H16BrCl/c1-11(12-5-3-2-4-6-12)7-14-9-15(16,10-14)8-13(14)17/h2-6,13H,1,7-10H2/t13-,14?,15?/m1/s1. The number of halogens is 2. The van der Waals surface area contributed by atoms with Crippen molar-refractivity contribution in [2.75, 3.05) is 0 Å². The van der Waals surface area contributed by atoms with Crippen LogP contribution in [0, 0.1) is 5.41 Å². The monoisotopic (exact) mass is 310 g/mol. The zero-order valence-corrected chi connectivity index (χ0v) is 12.1. The Morgan fingerprint density at radius 3 is 2.53 bits per heavy atom. The Kier molecular flexibility index (Phi) is 2.68. The number of benzene rings is 1. The number of fused-ring (bicyclic) bond motifs is 1. The fourth-order valence-corrected chi connectivity index (χ4v) is 5.70. The van der Waals surface area contributed by atoms with Crippen LogP contribution >= 0.6 is 27.5 Å². The molecular formula is C15H16BrCl. The SMILES string of the molecule is C=C(CC12CC(Br)(C[C@H]1Cl)C2)c1ccccc1. The molecule has 4 rings (SSSR count). The summed E-state index contributed by atoms with van der Waals surface area (Å²) in [6, 6.07) is 10.5. The molecule has 2 heteroatoms. The Morgan fingerprint density at radius 1 is 1.35 bits per heavy atom. The van der Waals surface area contributed by atoms with Crippen LogP contribution < -0.4 is 0 Å². The van der Waals surface area contributed by atoms with Crippen LogP contribution in [0.2, 0.25) is 0 Å². The molecule has 3 aliphatic carbocycles. The Balaban J connectivity index is 1.75. The molecule has 90 valence electrons. The molecule has 0 heterocycles. The van der Waals surface area contributed by atoms with Crippen molar-refractivity contribution in [2.45, 2.75) is 35.4 Å². The van der Waals surface area contributed by atoms with Gasteiger partial charge in [0.05, 0.1) is 0 Å². The molecule has 2 bridgehead atoms. The van der Waals surface area contributed by atoms with E-state index in [1.807, 2.05) is 6.07 Å². The first kappa shape index (κ1) is 11.8. The molecule has 17 heavy (non-hydrogen) atoms. The maximum Gasteiger partial charge on any atom is 0.0409 e. The zero-order valence-electron chi connectivity index (χ0n) is 9.76. The molecule has 0 unspecified atom stereocenters. The number of hydrogen-bond acceptors (Lipinski definition) is 0. The van der Waals surface area contributed by atoms with Crippen LogP contribution in [-0.2, 0) is 0 Å². The second-order valence-electron chi connectivity index (χ2n) is 5.68.